The van der Waals surface area contributed by atoms with Crippen LogP contribution in [0.25, 0.3) is 0 Å². The molecule has 0 aliphatic heterocycles. The zero-order valence-corrected chi connectivity index (χ0v) is 6.72. The van der Waals surface area contributed by atoms with Crippen LogP contribution in [0.5, 0.6) is 5.75 Å². The lowest BCUT2D eigenvalue weighted by Gasteiger charge is -2.08. The van der Waals surface area contributed by atoms with Crippen LogP contribution in [-0.2, 0) is 6.18 Å². The Labute approximate surface area is 72.3 Å². The number of nitrogens with two attached hydrogens (primary N) is 1. The lowest BCUT2D eigenvalue weighted by Crippen LogP contribution is -2.09. The first-order valence-corrected chi connectivity index (χ1v) is 3.32. The van der Waals surface area contributed by atoms with Crippen molar-refractivity contribution in [3.05, 3.63) is 17.8 Å². The topological polar surface area (TPSA) is 48.1 Å². The molecule has 1 heterocycles. The minimum absolute atomic E-state index is 0.0415. The van der Waals surface area contributed by atoms with E-state index in [0.29, 0.717) is 0 Å². The molecule has 0 aliphatic rings. The van der Waals surface area contributed by atoms with Gasteiger partial charge in [-0.15, -0.1) is 0 Å². The van der Waals surface area contributed by atoms with Crippen molar-refractivity contribution in [1.29, 1.82) is 0 Å². The quantitative estimate of drug-likeness (QED) is 0.736. The number of methoxy groups -OCH3 is 1. The zero-order valence-electron chi connectivity index (χ0n) is 6.72. The van der Waals surface area contributed by atoms with Crippen LogP contribution in [0, 0.1) is 0 Å². The van der Waals surface area contributed by atoms with Gasteiger partial charge in [-0.3, -0.25) is 0 Å². The molecule has 0 saturated heterocycles. The van der Waals surface area contributed by atoms with Gasteiger partial charge in [0.2, 0.25) is 0 Å². The molecule has 0 bridgehead atoms. The molecule has 0 amide bonds. The Morgan fingerprint density at radius 1 is 1.38 bits per heavy atom. The molecule has 1 aromatic heterocycles. The largest absolute Gasteiger partial charge is 0.497 e. The summed E-state index contributed by atoms with van der Waals surface area (Å²) in [6.07, 6.45) is -4.50. The molecule has 6 heteroatoms. The SMILES string of the molecule is COc1cc(N)nc(C(F)(F)F)c1. The van der Waals surface area contributed by atoms with Gasteiger partial charge >= 0.3 is 6.18 Å². The van der Waals surface area contributed by atoms with Crippen LogP contribution in [0.4, 0.5) is 19.0 Å². The van der Waals surface area contributed by atoms with Crippen LogP contribution in [-0.4, -0.2) is 12.1 Å². The first kappa shape index (κ1) is 9.63. The van der Waals surface area contributed by atoms with Crippen molar-refractivity contribution in [3.63, 3.8) is 0 Å². The third-order valence-corrected chi connectivity index (χ3v) is 1.34. The van der Waals surface area contributed by atoms with Crippen molar-refractivity contribution < 1.29 is 17.9 Å². The third kappa shape index (κ3) is 2.24. The molecule has 0 aromatic carbocycles. The molecule has 0 fully saturated rings. The number of nitrogens with zero attached hydrogens (tertiary/aromatic N) is 1. The number of nitrogen functional groups attached to an aromatic ring is 1. The number of ether oxygens (including phenoxy) is 1. The van der Waals surface area contributed by atoms with E-state index in [4.69, 9.17) is 5.73 Å². The molecular weight excluding hydrogens is 185 g/mol. The average molecular weight is 192 g/mol. The van der Waals surface area contributed by atoms with E-state index >= 15 is 0 Å². The first-order chi connectivity index (χ1) is 5.93. The predicted octanol–water partition coefficient (Wildman–Crippen LogP) is 1.69. The Morgan fingerprint density at radius 3 is 2.46 bits per heavy atom. The average Bonchev–Trinajstić information content (AvgIpc) is 2.01. The van der Waals surface area contributed by atoms with Gasteiger partial charge in [0, 0.05) is 12.1 Å². The Morgan fingerprint density at radius 2 is 2.00 bits per heavy atom. The van der Waals surface area contributed by atoms with Gasteiger partial charge in [-0.1, -0.05) is 0 Å². The molecule has 2 N–H and O–H groups in total. The highest BCUT2D eigenvalue weighted by Crippen LogP contribution is 2.30. The van der Waals surface area contributed by atoms with Crippen molar-refractivity contribution in [2.45, 2.75) is 6.18 Å². The predicted molar refractivity (Wildman–Crippen MR) is 40.2 cm³/mol. The summed E-state index contributed by atoms with van der Waals surface area (Å²) in [6, 6.07) is 2.01. The molecule has 0 saturated carbocycles. The van der Waals surface area contributed by atoms with Crippen molar-refractivity contribution in [2.24, 2.45) is 0 Å². The van der Waals surface area contributed by atoms with Crippen LogP contribution >= 0.6 is 0 Å². The fraction of sp³-hybridized carbons (Fsp3) is 0.286. The maximum absolute atomic E-state index is 12.1. The summed E-state index contributed by atoms with van der Waals surface area (Å²) in [5.41, 5.74) is 4.09. The van der Waals surface area contributed by atoms with E-state index in [0.717, 1.165) is 6.07 Å². The third-order valence-electron chi connectivity index (χ3n) is 1.34. The van der Waals surface area contributed by atoms with Gasteiger partial charge in [0.05, 0.1) is 7.11 Å². The van der Waals surface area contributed by atoms with E-state index < -0.39 is 11.9 Å². The van der Waals surface area contributed by atoms with Gasteiger partial charge in [0.1, 0.15) is 11.6 Å². The monoisotopic (exact) mass is 192 g/mol. The number of anilines is 1. The van der Waals surface area contributed by atoms with Crippen molar-refractivity contribution in [1.82, 2.24) is 4.98 Å². The van der Waals surface area contributed by atoms with Crippen LogP contribution in [0.2, 0.25) is 0 Å². The van der Waals surface area contributed by atoms with Crippen molar-refractivity contribution >= 4 is 5.82 Å². The minimum atomic E-state index is -4.50. The Kier molecular flexibility index (Phi) is 2.31. The number of rotatable bonds is 1. The molecular formula is C7H7F3N2O. The number of hydrogen-bond donors (Lipinski definition) is 1. The number of halogens is 3. The molecule has 72 valence electrons. The summed E-state index contributed by atoms with van der Waals surface area (Å²) in [6.45, 7) is 0. The molecule has 13 heavy (non-hydrogen) atoms. The summed E-state index contributed by atoms with van der Waals surface area (Å²) >= 11 is 0. The summed E-state index contributed by atoms with van der Waals surface area (Å²) in [4.78, 5) is 3.13. The number of hydrogen-bond acceptors (Lipinski definition) is 3. The Bertz CT molecular complexity index is 311. The molecule has 0 spiro atoms. The van der Waals surface area contributed by atoms with Crippen molar-refractivity contribution in [3.8, 4) is 5.75 Å². The van der Waals surface area contributed by atoms with Gasteiger partial charge < -0.3 is 10.5 Å². The van der Waals surface area contributed by atoms with E-state index in [1.807, 2.05) is 0 Å². The number of aromatic nitrogens is 1. The molecule has 3 nitrogen and oxygen atoms in total. The lowest BCUT2D eigenvalue weighted by atomic mass is 10.3. The first-order valence-electron chi connectivity index (χ1n) is 3.32. The van der Waals surface area contributed by atoms with Crippen LogP contribution in [0.1, 0.15) is 5.69 Å². The lowest BCUT2D eigenvalue weighted by molar-refractivity contribution is -0.141. The second-order valence-corrected chi connectivity index (χ2v) is 2.31. The Balaban J connectivity index is 3.16. The summed E-state index contributed by atoms with van der Waals surface area (Å²) in [7, 11) is 1.26. The highest BCUT2D eigenvalue weighted by molar-refractivity contribution is 5.39. The fourth-order valence-electron chi connectivity index (χ4n) is 0.789. The van der Waals surface area contributed by atoms with Gasteiger partial charge in [0.25, 0.3) is 0 Å². The smallest absolute Gasteiger partial charge is 0.433 e. The molecule has 1 rings (SSSR count). The summed E-state index contributed by atoms with van der Waals surface area (Å²) in [5.74, 6) is -0.175. The molecule has 0 aliphatic carbocycles. The summed E-state index contributed by atoms with van der Waals surface area (Å²) in [5, 5.41) is 0. The van der Waals surface area contributed by atoms with E-state index in [-0.39, 0.29) is 11.6 Å². The molecule has 0 unspecified atom stereocenters. The van der Waals surface area contributed by atoms with Crippen LogP contribution in [0.15, 0.2) is 12.1 Å². The van der Waals surface area contributed by atoms with Gasteiger partial charge in [0.15, 0.2) is 5.69 Å². The van der Waals surface area contributed by atoms with Gasteiger partial charge in [-0.05, 0) is 0 Å². The molecule has 0 radical (unpaired) electrons. The van der Waals surface area contributed by atoms with Crippen molar-refractivity contribution in [2.75, 3.05) is 12.8 Å². The summed E-state index contributed by atoms with van der Waals surface area (Å²) < 4.78 is 40.9. The van der Waals surface area contributed by atoms with Crippen LogP contribution < -0.4 is 10.5 Å². The highest BCUT2D eigenvalue weighted by atomic mass is 19.4. The van der Waals surface area contributed by atoms with Crippen LogP contribution in [0.3, 0.4) is 0 Å². The van der Waals surface area contributed by atoms with E-state index in [1.165, 1.54) is 13.2 Å². The minimum Gasteiger partial charge on any atom is -0.497 e. The fourth-order valence-corrected chi connectivity index (χ4v) is 0.789. The second kappa shape index (κ2) is 3.12. The molecule has 1 aromatic rings. The van der Waals surface area contributed by atoms with E-state index in [9.17, 15) is 13.2 Å². The maximum atomic E-state index is 12.1. The normalized spacial score (nSPS) is 11.4. The Hall–Kier alpha value is -1.46. The number of pyridine rings is 1. The van der Waals surface area contributed by atoms with Gasteiger partial charge in [-0.2, -0.15) is 13.2 Å². The number of alkyl halides is 3. The second-order valence-electron chi connectivity index (χ2n) is 2.31. The maximum Gasteiger partial charge on any atom is 0.433 e. The highest BCUT2D eigenvalue weighted by Gasteiger charge is 2.33. The van der Waals surface area contributed by atoms with E-state index in [2.05, 4.69) is 9.72 Å². The zero-order chi connectivity index (χ0) is 10.1. The molecule has 0 atom stereocenters. The van der Waals surface area contributed by atoms with Gasteiger partial charge in [-0.25, -0.2) is 4.98 Å². The standard InChI is InChI=1S/C7H7F3N2O/c1-13-4-2-5(7(8,9)10)12-6(11)3-4/h2-3H,1H3,(H2,11,12). The van der Waals surface area contributed by atoms with E-state index in [1.54, 1.807) is 0 Å².